The van der Waals surface area contributed by atoms with Crippen molar-refractivity contribution in [3.8, 4) is 16.9 Å². The molecule has 0 amide bonds. The van der Waals surface area contributed by atoms with Gasteiger partial charge in [0.05, 0.1) is 17.9 Å². The number of carboxylic acids is 1. The molecule has 0 radical (unpaired) electrons. The molecule has 0 saturated heterocycles. The fourth-order valence-electron chi connectivity index (χ4n) is 2.08. The zero-order valence-electron chi connectivity index (χ0n) is 11.8. The van der Waals surface area contributed by atoms with Crippen LogP contribution in [-0.2, 0) is 0 Å². The summed E-state index contributed by atoms with van der Waals surface area (Å²) in [5.41, 5.74) is 2.73. The van der Waals surface area contributed by atoms with E-state index in [2.05, 4.69) is 4.98 Å². The summed E-state index contributed by atoms with van der Waals surface area (Å²) in [4.78, 5) is 15.3. The van der Waals surface area contributed by atoms with E-state index in [4.69, 9.17) is 4.74 Å². The van der Waals surface area contributed by atoms with E-state index in [0.29, 0.717) is 11.3 Å². The molecule has 20 heavy (non-hydrogen) atoms. The van der Waals surface area contributed by atoms with Gasteiger partial charge < -0.3 is 9.84 Å². The van der Waals surface area contributed by atoms with Gasteiger partial charge in [0.2, 0.25) is 0 Å². The van der Waals surface area contributed by atoms with Crippen LogP contribution in [0.1, 0.15) is 29.8 Å². The Morgan fingerprint density at radius 2 is 2.05 bits per heavy atom. The highest BCUT2D eigenvalue weighted by Gasteiger charge is 2.12. The predicted molar refractivity (Wildman–Crippen MR) is 77.1 cm³/mol. The van der Waals surface area contributed by atoms with Gasteiger partial charge in [0.1, 0.15) is 5.75 Å². The third kappa shape index (κ3) is 2.96. The van der Waals surface area contributed by atoms with Gasteiger partial charge in [0.25, 0.3) is 0 Å². The van der Waals surface area contributed by atoms with Crippen LogP contribution in [0.4, 0.5) is 0 Å². The molecule has 0 aliphatic heterocycles. The zero-order chi connectivity index (χ0) is 14.7. The number of benzene rings is 1. The van der Waals surface area contributed by atoms with Crippen LogP contribution in [0.5, 0.6) is 5.75 Å². The smallest absolute Gasteiger partial charge is 0.335 e. The summed E-state index contributed by atoms with van der Waals surface area (Å²) >= 11 is 0. The first-order valence-corrected chi connectivity index (χ1v) is 6.44. The van der Waals surface area contributed by atoms with Gasteiger partial charge in [-0.2, -0.15) is 0 Å². The number of hydrogen-bond acceptors (Lipinski definition) is 3. The molecule has 4 heteroatoms. The predicted octanol–water partition coefficient (Wildman–Crippen LogP) is 3.54. The van der Waals surface area contributed by atoms with Crippen molar-refractivity contribution in [2.75, 3.05) is 0 Å². The fourth-order valence-corrected chi connectivity index (χ4v) is 2.08. The maximum atomic E-state index is 11.2. The second kappa shape index (κ2) is 5.74. The van der Waals surface area contributed by atoms with Crippen molar-refractivity contribution in [2.24, 2.45) is 0 Å². The van der Waals surface area contributed by atoms with E-state index in [0.717, 1.165) is 16.7 Å². The molecular formula is C16H17NO3. The molecule has 1 N–H and O–H groups in total. The Labute approximate surface area is 118 Å². The molecule has 0 atom stereocenters. The van der Waals surface area contributed by atoms with Crippen molar-refractivity contribution < 1.29 is 14.6 Å². The summed E-state index contributed by atoms with van der Waals surface area (Å²) in [7, 11) is 0. The number of aromatic carboxylic acids is 1. The first-order valence-electron chi connectivity index (χ1n) is 6.44. The molecule has 0 unspecified atom stereocenters. The molecule has 2 aromatic rings. The standard InChI is InChI=1S/C16H17NO3/c1-10(2)20-13-7-12(8-17-9-13)14-5-4-6-15(11(14)3)16(18)19/h4-10H,1-3H3,(H,18,19). The van der Waals surface area contributed by atoms with E-state index in [-0.39, 0.29) is 6.10 Å². The Kier molecular flexibility index (Phi) is 4.03. The van der Waals surface area contributed by atoms with Crippen molar-refractivity contribution in [3.63, 3.8) is 0 Å². The van der Waals surface area contributed by atoms with E-state index in [1.165, 1.54) is 0 Å². The van der Waals surface area contributed by atoms with Crippen molar-refractivity contribution in [1.29, 1.82) is 0 Å². The third-order valence-corrected chi connectivity index (χ3v) is 2.96. The Bertz CT molecular complexity index is 635. The van der Waals surface area contributed by atoms with Crippen LogP contribution < -0.4 is 4.74 Å². The average molecular weight is 271 g/mol. The molecule has 1 heterocycles. The molecule has 0 fully saturated rings. The summed E-state index contributed by atoms with van der Waals surface area (Å²) in [6.45, 7) is 5.70. The monoisotopic (exact) mass is 271 g/mol. The lowest BCUT2D eigenvalue weighted by atomic mass is 9.97. The minimum absolute atomic E-state index is 0.0681. The van der Waals surface area contributed by atoms with Gasteiger partial charge in [-0.15, -0.1) is 0 Å². The van der Waals surface area contributed by atoms with Crippen molar-refractivity contribution in [3.05, 3.63) is 47.8 Å². The van der Waals surface area contributed by atoms with Gasteiger partial charge in [-0.1, -0.05) is 12.1 Å². The molecule has 1 aromatic carbocycles. The van der Waals surface area contributed by atoms with Gasteiger partial charge in [0.15, 0.2) is 0 Å². The molecule has 4 nitrogen and oxygen atoms in total. The molecule has 0 bridgehead atoms. The van der Waals surface area contributed by atoms with Crippen LogP contribution in [0.3, 0.4) is 0 Å². The molecule has 0 spiro atoms. The SMILES string of the molecule is Cc1c(C(=O)O)cccc1-c1cncc(OC(C)C)c1. The molecule has 0 aliphatic rings. The lowest BCUT2D eigenvalue weighted by molar-refractivity contribution is 0.0696. The highest BCUT2D eigenvalue weighted by molar-refractivity contribution is 5.92. The molecule has 0 saturated carbocycles. The van der Waals surface area contributed by atoms with E-state index in [9.17, 15) is 9.90 Å². The summed E-state index contributed by atoms with van der Waals surface area (Å²) < 4.78 is 5.62. The first kappa shape index (κ1) is 14.1. The van der Waals surface area contributed by atoms with E-state index in [1.807, 2.05) is 26.0 Å². The lowest BCUT2D eigenvalue weighted by Gasteiger charge is -2.12. The van der Waals surface area contributed by atoms with Gasteiger partial charge in [-0.05, 0) is 44.0 Å². The number of carbonyl (C=O) groups is 1. The van der Waals surface area contributed by atoms with Crippen LogP contribution in [0.15, 0.2) is 36.7 Å². The van der Waals surface area contributed by atoms with Crippen molar-refractivity contribution in [1.82, 2.24) is 4.98 Å². The largest absolute Gasteiger partial charge is 0.489 e. The van der Waals surface area contributed by atoms with Gasteiger partial charge in [-0.3, -0.25) is 4.98 Å². The lowest BCUT2D eigenvalue weighted by Crippen LogP contribution is -2.06. The van der Waals surface area contributed by atoms with Gasteiger partial charge in [-0.25, -0.2) is 4.79 Å². The normalized spacial score (nSPS) is 10.6. The highest BCUT2D eigenvalue weighted by atomic mass is 16.5. The summed E-state index contributed by atoms with van der Waals surface area (Å²) in [5.74, 6) is -0.246. The van der Waals surface area contributed by atoms with E-state index < -0.39 is 5.97 Å². The minimum atomic E-state index is -0.924. The fraction of sp³-hybridized carbons (Fsp3) is 0.250. The van der Waals surface area contributed by atoms with Crippen molar-refractivity contribution in [2.45, 2.75) is 26.9 Å². The average Bonchev–Trinajstić information content (AvgIpc) is 2.38. The number of hydrogen-bond donors (Lipinski definition) is 1. The quantitative estimate of drug-likeness (QED) is 0.924. The minimum Gasteiger partial charge on any atom is -0.489 e. The third-order valence-electron chi connectivity index (χ3n) is 2.96. The topological polar surface area (TPSA) is 59.4 Å². The number of pyridine rings is 1. The molecule has 104 valence electrons. The van der Waals surface area contributed by atoms with E-state index in [1.54, 1.807) is 31.5 Å². The number of rotatable bonds is 4. The zero-order valence-corrected chi connectivity index (χ0v) is 11.8. The van der Waals surface area contributed by atoms with Gasteiger partial charge >= 0.3 is 5.97 Å². The van der Waals surface area contributed by atoms with Crippen LogP contribution in [0, 0.1) is 6.92 Å². The number of aromatic nitrogens is 1. The molecule has 0 aliphatic carbocycles. The maximum absolute atomic E-state index is 11.2. The number of nitrogens with zero attached hydrogens (tertiary/aromatic N) is 1. The maximum Gasteiger partial charge on any atom is 0.335 e. The summed E-state index contributed by atoms with van der Waals surface area (Å²) in [6, 6.07) is 7.10. The first-order chi connectivity index (χ1) is 9.49. The van der Waals surface area contributed by atoms with Crippen LogP contribution >= 0.6 is 0 Å². The second-order valence-corrected chi connectivity index (χ2v) is 4.86. The summed E-state index contributed by atoms with van der Waals surface area (Å²) in [6.07, 6.45) is 3.43. The molecule has 1 aromatic heterocycles. The molecule has 2 rings (SSSR count). The number of carboxylic acid groups (broad SMARTS) is 1. The van der Waals surface area contributed by atoms with E-state index >= 15 is 0 Å². The van der Waals surface area contributed by atoms with Crippen LogP contribution in [-0.4, -0.2) is 22.2 Å². The Morgan fingerprint density at radius 1 is 1.30 bits per heavy atom. The van der Waals surface area contributed by atoms with Crippen LogP contribution in [0.2, 0.25) is 0 Å². The van der Waals surface area contributed by atoms with Crippen LogP contribution in [0.25, 0.3) is 11.1 Å². The number of ether oxygens (including phenoxy) is 1. The molecular weight excluding hydrogens is 254 g/mol. The Balaban J connectivity index is 2.46. The highest BCUT2D eigenvalue weighted by Crippen LogP contribution is 2.28. The van der Waals surface area contributed by atoms with Gasteiger partial charge in [0, 0.05) is 11.8 Å². The van der Waals surface area contributed by atoms with Crippen molar-refractivity contribution >= 4 is 5.97 Å². The summed E-state index contributed by atoms with van der Waals surface area (Å²) in [5, 5.41) is 9.17. The second-order valence-electron chi connectivity index (χ2n) is 4.86. The Hall–Kier alpha value is -2.36. The Morgan fingerprint density at radius 3 is 2.70 bits per heavy atom.